The van der Waals surface area contributed by atoms with Crippen LogP contribution in [-0.2, 0) is 21.5 Å². The monoisotopic (exact) mass is 527 g/mol. The number of methoxy groups -OCH3 is 1. The zero-order chi connectivity index (χ0) is 28.3. The minimum Gasteiger partial charge on any atom is -0.507 e. The standard InChI is InChI=1S/C32H37N3O4/c1-7-34(8-2)24-14-11-22(12-15-24)28-27(30(37)31(38)35(28)20-21-10-9-17-33-19-21)29(36)23-13-16-26(39-6)25(18-23)32(3,4)5/h9-19,28,36H,7-8,20H2,1-6H3/b29-27-. The molecule has 2 heterocycles. The van der Waals surface area contributed by atoms with E-state index in [1.807, 2.05) is 36.4 Å². The molecule has 0 spiro atoms. The average molecular weight is 528 g/mol. The Kier molecular flexibility index (Phi) is 8.09. The number of ether oxygens (including phenoxy) is 1. The third-order valence-electron chi connectivity index (χ3n) is 7.23. The molecule has 204 valence electrons. The quantitative estimate of drug-likeness (QED) is 0.225. The van der Waals surface area contributed by atoms with E-state index < -0.39 is 17.7 Å². The third-order valence-corrected chi connectivity index (χ3v) is 7.23. The molecule has 39 heavy (non-hydrogen) atoms. The van der Waals surface area contributed by atoms with Crippen LogP contribution in [0, 0.1) is 0 Å². The normalized spacial score (nSPS) is 17.0. The number of aliphatic hydroxyl groups is 1. The summed E-state index contributed by atoms with van der Waals surface area (Å²) in [6.45, 7) is 12.3. The number of benzene rings is 2. The Bertz CT molecular complexity index is 1370. The summed E-state index contributed by atoms with van der Waals surface area (Å²) in [6.07, 6.45) is 3.34. The maximum atomic E-state index is 13.5. The van der Waals surface area contributed by atoms with Crippen molar-refractivity contribution in [2.24, 2.45) is 0 Å². The molecule has 1 amide bonds. The summed E-state index contributed by atoms with van der Waals surface area (Å²) in [5, 5.41) is 11.6. The van der Waals surface area contributed by atoms with Crippen molar-refractivity contribution in [1.29, 1.82) is 0 Å². The first-order chi connectivity index (χ1) is 18.6. The van der Waals surface area contributed by atoms with Gasteiger partial charge in [0.1, 0.15) is 11.5 Å². The lowest BCUT2D eigenvalue weighted by molar-refractivity contribution is -0.140. The zero-order valence-electron chi connectivity index (χ0n) is 23.6. The van der Waals surface area contributed by atoms with Crippen LogP contribution in [0.4, 0.5) is 5.69 Å². The van der Waals surface area contributed by atoms with Crippen molar-refractivity contribution in [1.82, 2.24) is 9.88 Å². The molecule has 1 aliphatic rings. The first-order valence-electron chi connectivity index (χ1n) is 13.3. The van der Waals surface area contributed by atoms with Crippen molar-refractivity contribution < 1.29 is 19.4 Å². The van der Waals surface area contributed by atoms with E-state index >= 15 is 0 Å². The molecule has 1 unspecified atom stereocenters. The fourth-order valence-electron chi connectivity index (χ4n) is 5.13. The van der Waals surface area contributed by atoms with Gasteiger partial charge < -0.3 is 19.6 Å². The first kappa shape index (κ1) is 27.9. The van der Waals surface area contributed by atoms with Crippen LogP contribution < -0.4 is 9.64 Å². The molecule has 0 saturated carbocycles. The summed E-state index contributed by atoms with van der Waals surface area (Å²) in [5.74, 6) is -0.863. The van der Waals surface area contributed by atoms with Crippen molar-refractivity contribution in [3.63, 3.8) is 0 Å². The van der Waals surface area contributed by atoms with Crippen LogP contribution in [0.1, 0.15) is 62.9 Å². The van der Waals surface area contributed by atoms with Crippen LogP contribution >= 0.6 is 0 Å². The summed E-state index contributed by atoms with van der Waals surface area (Å²) in [4.78, 5) is 34.8. The van der Waals surface area contributed by atoms with Gasteiger partial charge in [0.2, 0.25) is 0 Å². The van der Waals surface area contributed by atoms with Gasteiger partial charge in [0, 0.05) is 48.8 Å². The number of Topliss-reactive ketones (excluding diaryl/α,β-unsaturated/α-hetero) is 1. The largest absolute Gasteiger partial charge is 0.507 e. The molecule has 1 aliphatic heterocycles. The Morgan fingerprint density at radius 3 is 2.31 bits per heavy atom. The number of ketones is 1. The molecule has 1 fully saturated rings. The Morgan fingerprint density at radius 2 is 1.74 bits per heavy atom. The number of carbonyl (C=O) groups excluding carboxylic acids is 2. The maximum absolute atomic E-state index is 13.5. The fraction of sp³-hybridized carbons (Fsp3) is 0.344. The Labute approximate surface area is 230 Å². The molecule has 1 atom stereocenters. The van der Waals surface area contributed by atoms with Crippen molar-refractivity contribution in [2.75, 3.05) is 25.1 Å². The molecule has 1 aromatic heterocycles. The lowest BCUT2D eigenvalue weighted by Gasteiger charge is -2.27. The minimum absolute atomic E-state index is 0.0736. The smallest absolute Gasteiger partial charge is 0.295 e. The van der Waals surface area contributed by atoms with E-state index in [0.29, 0.717) is 11.3 Å². The number of nitrogens with zero attached hydrogens (tertiary/aromatic N) is 3. The molecular formula is C32H37N3O4. The lowest BCUT2D eigenvalue weighted by atomic mass is 9.84. The minimum atomic E-state index is -0.754. The van der Waals surface area contributed by atoms with Gasteiger partial charge >= 0.3 is 0 Å². The second-order valence-corrected chi connectivity index (χ2v) is 10.7. The van der Waals surface area contributed by atoms with Crippen LogP contribution in [0.15, 0.2) is 72.6 Å². The van der Waals surface area contributed by atoms with E-state index in [1.165, 1.54) is 4.90 Å². The van der Waals surface area contributed by atoms with Crippen LogP contribution in [0.5, 0.6) is 5.75 Å². The predicted octanol–water partition coefficient (Wildman–Crippen LogP) is 5.86. The highest BCUT2D eigenvalue weighted by molar-refractivity contribution is 6.46. The van der Waals surface area contributed by atoms with E-state index in [9.17, 15) is 14.7 Å². The molecule has 1 N–H and O–H groups in total. The molecule has 0 radical (unpaired) electrons. The molecule has 1 saturated heterocycles. The number of hydrogen-bond acceptors (Lipinski definition) is 6. The van der Waals surface area contributed by atoms with Gasteiger partial charge in [0.05, 0.1) is 18.7 Å². The summed E-state index contributed by atoms with van der Waals surface area (Å²) >= 11 is 0. The van der Waals surface area contributed by atoms with E-state index in [2.05, 4.69) is 44.5 Å². The van der Waals surface area contributed by atoms with Gasteiger partial charge in [-0.05, 0) is 66.8 Å². The second-order valence-electron chi connectivity index (χ2n) is 10.7. The first-order valence-corrected chi connectivity index (χ1v) is 13.3. The highest BCUT2D eigenvalue weighted by atomic mass is 16.5. The Morgan fingerprint density at radius 1 is 1.05 bits per heavy atom. The molecule has 7 heteroatoms. The molecular weight excluding hydrogens is 490 g/mol. The molecule has 3 aromatic rings. The summed E-state index contributed by atoms with van der Waals surface area (Å²) in [6, 6.07) is 16.1. The van der Waals surface area contributed by atoms with Gasteiger partial charge in [0.25, 0.3) is 11.7 Å². The van der Waals surface area contributed by atoms with Gasteiger partial charge in [-0.3, -0.25) is 14.6 Å². The fourth-order valence-corrected chi connectivity index (χ4v) is 5.13. The molecule has 7 nitrogen and oxygen atoms in total. The number of likely N-dealkylation sites (tertiary alicyclic amines) is 1. The number of rotatable bonds is 8. The van der Waals surface area contributed by atoms with E-state index in [1.54, 1.807) is 37.7 Å². The molecule has 4 rings (SSSR count). The zero-order valence-corrected chi connectivity index (χ0v) is 23.6. The number of pyridine rings is 1. The van der Waals surface area contributed by atoms with E-state index in [4.69, 9.17) is 4.74 Å². The van der Waals surface area contributed by atoms with Gasteiger partial charge in [-0.15, -0.1) is 0 Å². The highest BCUT2D eigenvalue weighted by Gasteiger charge is 2.46. The average Bonchev–Trinajstić information content (AvgIpc) is 3.18. The summed E-state index contributed by atoms with van der Waals surface area (Å²) < 4.78 is 5.56. The maximum Gasteiger partial charge on any atom is 0.295 e. The van der Waals surface area contributed by atoms with E-state index in [0.717, 1.165) is 35.5 Å². The van der Waals surface area contributed by atoms with Crippen molar-refractivity contribution in [3.05, 3.63) is 94.8 Å². The predicted molar refractivity (Wildman–Crippen MR) is 154 cm³/mol. The Hall–Kier alpha value is -4.13. The third kappa shape index (κ3) is 5.53. The lowest BCUT2D eigenvalue weighted by Crippen LogP contribution is -2.29. The van der Waals surface area contributed by atoms with Gasteiger partial charge in [-0.1, -0.05) is 39.0 Å². The number of anilines is 1. The van der Waals surface area contributed by atoms with Crippen LogP contribution in [0.25, 0.3) is 5.76 Å². The van der Waals surface area contributed by atoms with Crippen molar-refractivity contribution >= 4 is 23.1 Å². The number of aromatic nitrogens is 1. The van der Waals surface area contributed by atoms with Crippen LogP contribution in [-0.4, -0.2) is 46.9 Å². The second kappa shape index (κ2) is 11.3. The van der Waals surface area contributed by atoms with Gasteiger partial charge in [-0.25, -0.2) is 0 Å². The number of hydrogen-bond donors (Lipinski definition) is 1. The van der Waals surface area contributed by atoms with Crippen molar-refractivity contribution in [2.45, 2.75) is 52.6 Å². The van der Waals surface area contributed by atoms with Crippen LogP contribution in [0.2, 0.25) is 0 Å². The SMILES string of the molecule is CCN(CC)c1ccc(C2/C(=C(/O)c3ccc(OC)c(C(C)(C)C)c3)C(=O)C(=O)N2Cc2cccnc2)cc1. The number of carbonyl (C=O) groups is 2. The number of amides is 1. The Balaban J connectivity index is 1.88. The van der Waals surface area contributed by atoms with Gasteiger partial charge in [0.15, 0.2) is 0 Å². The topological polar surface area (TPSA) is 83.0 Å². The highest BCUT2D eigenvalue weighted by Crippen LogP contribution is 2.42. The van der Waals surface area contributed by atoms with Gasteiger partial charge in [-0.2, -0.15) is 0 Å². The number of aliphatic hydroxyl groups excluding tert-OH is 1. The molecule has 0 aliphatic carbocycles. The molecule has 0 bridgehead atoms. The van der Waals surface area contributed by atoms with E-state index in [-0.39, 0.29) is 23.3 Å². The molecule has 2 aromatic carbocycles. The van der Waals surface area contributed by atoms with Crippen LogP contribution in [0.3, 0.4) is 0 Å². The summed E-state index contributed by atoms with van der Waals surface area (Å²) in [5.41, 5.74) is 3.75. The summed E-state index contributed by atoms with van der Waals surface area (Å²) in [7, 11) is 1.61. The van der Waals surface area contributed by atoms with Crippen molar-refractivity contribution in [3.8, 4) is 5.75 Å².